The average Bonchev–Trinajstić information content (AvgIpc) is 2.58. The van der Waals surface area contributed by atoms with Gasteiger partial charge >= 0.3 is 0 Å². The first-order chi connectivity index (χ1) is 11.1. The van der Waals surface area contributed by atoms with Gasteiger partial charge in [-0.2, -0.15) is 0 Å². The summed E-state index contributed by atoms with van der Waals surface area (Å²) in [6.07, 6.45) is 4.01. The van der Waals surface area contributed by atoms with Crippen molar-refractivity contribution in [3.8, 4) is 0 Å². The summed E-state index contributed by atoms with van der Waals surface area (Å²) < 4.78 is 0. The number of piperidine rings is 1. The van der Waals surface area contributed by atoms with E-state index >= 15 is 0 Å². The summed E-state index contributed by atoms with van der Waals surface area (Å²) in [5.41, 5.74) is 1.73. The zero-order valence-electron chi connectivity index (χ0n) is 13.3. The Morgan fingerprint density at radius 1 is 1.26 bits per heavy atom. The Kier molecular flexibility index (Phi) is 4.97. The molecule has 1 aliphatic rings. The molecule has 0 radical (unpaired) electrons. The van der Waals surface area contributed by atoms with E-state index in [1.54, 1.807) is 6.20 Å². The quantitative estimate of drug-likeness (QED) is 0.849. The smallest absolute Gasteiger partial charge is 0.236 e. The number of pyridine rings is 1. The van der Waals surface area contributed by atoms with Crippen LogP contribution in [0.4, 0.5) is 0 Å². The van der Waals surface area contributed by atoms with Crippen LogP contribution in [0.2, 0.25) is 5.02 Å². The Hall–Kier alpha value is -1.87. The van der Waals surface area contributed by atoms with Gasteiger partial charge < -0.3 is 4.90 Å². The lowest BCUT2D eigenvalue weighted by atomic mass is 9.91. The Balaban J connectivity index is 1.94. The molecule has 2 heterocycles. The fraction of sp³-hybridized carbons (Fsp3) is 0.368. The van der Waals surface area contributed by atoms with Crippen LogP contribution >= 0.6 is 11.6 Å². The fourth-order valence-corrected chi connectivity index (χ4v) is 3.34. The third-order valence-electron chi connectivity index (χ3n) is 4.40. The molecule has 0 spiro atoms. The molecule has 0 aliphatic carbocycles. The Morgan fingerprint density at radius 3 is 2.70 bits per heavy atom. The first-order valence-electron chi connectivity index (χ1n) is 8.10. The van der Waals surface area contributed by atoms with E-state index in [1.165, 1.54) is 6.42 Å². The zero-order valence-corrected chi connectivity index (χ0v) is 14.0. The molecule has 1 aromatic carbocycles. The van der Waals surface area contributed by atoms with Gasteiger partial charge in [0.15, 0.2) is 0 Å². The molecular weight excluding hydrogens is 308 g/mol. The summed E-state index contributed by atoms with van der Waals surface area (Å²) in [5.74, 6) is 0.332. The van der Waals surface area contributed by atoms with E-state index in [2.05, 4.69) is 11.9 Å². The van der Waals surface area contributed by atoms with Crippen molar-refractivity contribution in [3.05, 3.63) is 64.9 Å². The van der Waals surface area contributed by atoms with Crippen LogP contribution in [0.25, 0.3) is 0 Å². The molecule has 3 nitrogen and oxygen atoms in total. The Bertz CT molecular complexity index is 657. The lowest BCUT2D eigenvalue weighted by molar-refractivity contribution is -0.133. The highest BCUT2D eigenvalue weighted by molar-refractivity contribution is 6.30. The minimum Gasteiger partial charge on any atom is -0.342 e. The highest BCUT2D eigenvalue weighted by Crippen LogP contribution is 2.28. The zero-order chi connectivity index (χ0) is 16.2. The van der Waals surface area contributed by atoms with Gasteiger partial charge in [0.2, 0.25) is 5.91 Å². The number of rotatable bonds is 3. The molecule has 2 aromatic rings. The summed E-state index contributed by atoms with van der Waals surface area (Å²) in [5, 5.41) is 0.674. The van der Waals surface area contributed by atoms with Gasteiger partial charge in [0.1, 0.15) is 5.92 Å². The standard InChI is InChI=1S/C19H21ClN2O/c1-14-5-4-12-22(13-14)19(23)18(17-6-2-3-11-21-17)15-7-9-16(20)10-8-15/h2-3,6-11,14,18H,4-5,12-13H2,1H3. The van der Waals surface area contributed by atoms with Crippen LogP contribution in [0.1, 0.15) is 36.9 Å². The average molecular weight is 329 g/mol. The predicted molar refractivity (Wildman–Crippen MR) is 92.5 cm³/mol. The molecule has 1 aliphatic heterocycles. The van der Waals surface area contributed by atoms with Crippen molar-refractivity contribution in [2.24, 2.45) is 5.92 Å². The molecule has 1 saturated heterocycles. The van der Waals surface area contributed by atoms with Crippen molar-refractivity contribution in [2.45, 2.75) is 25.7 Å². The molecule has 3 rings (SSSR count). The van der Waals surface area contributed by atoms with Gasteiger partial charge in [0.05, 0.1) is 5.69 Å². The largest absolute Gasteiger partial charge is 0.342 e. The summed E-state index contributed by atoms with van der Waals surface area (Å²) in [6, 6.07) is 13.2. The maximum atomic E-state index is 13.2. The summed E-state index contributed by atoms with van der Waals surface area (Å²) in [7, 11) is 0. The van der Waals surface area contributed by atoms with Crippen LogP contribution in [-0.4, -0.2) is 28.9 Å². The van der Waals surface area contributed by atoms with Crippen molar-refractivity contribution in [1.82, 2.24) is 9.88 Å². The van der Waals surface area contributed by atoms with Crippen LogP contribution in [0, 0.1) is 5.92 Å². The van der Waals surface area contributed by atoms with Gasteiger partial charge in [-0.15, -0.1) is 0 Å². The lowest BCUT2D eigenvalue weighted by Gasteiger charge is -2.33. The number of halogens is 1. The molecule has 0 bridgehead atoms. The second kappa shape index (κ2) is 7.14. The Labute approximate surface area is 142 Å². The van der Waals surface area contributed by atoms with Crippen molar-refractivity contribution < 1.29 is 4.79 Å². The maximum Gasteiger partial charge on any atom is 0.236 e. The summed E-state index contributed by atoms with van der Waals surface area (Å²) >= 11 is 6.00. The van der Waals surface area contributed by atoms with Crippen LogP contribution in [0.3, 0.4) is 0 Å². The van der Waals surface area contributed by atoms with E-state index in [1.807, 2.05) is 47.4 Å². The van der Waals surface area contributed by atoms with Gasteiger partial charge in [-0.25, -0.2) is 0 Å². The number of hydrogen-bond acceptors (Lipinski definition) is 2. The van der Waals surface area contributed by atoms with Crippen LogP contribution in [0.5, 0.6) is 0 Å². The topological polar surface area (TPSA) is 33.2 Å². The number of carbonyl (C=O) groups is 1. The first-order valence-corrected chi connectivity index (χ1v) is 8.48. The van der Waals surface area contributed by atoms with Crippen LogP contribution < -0.4 is 0 Å². The lowest BCUT2D eigenvalue weighted by Crippen LogP contribution is -2.42. The SMILES string of the molecule is CC1CCCN(C(=O)C(c2ccc(Cl)cc2)c2ccccn2)C1. The molecular formula is C19H21ClN2O. The van der Waals surface area contributed by atoms with Crippen molar-refractivity contribution in [1.29, 1.82) is 0 Å². The molecule has 4 heteroatoms. The number of aromatic nitrogens is 1. The number of nitrogens with zero attached hydrogens (tertiary/aromatic N) is 2. The highest BCUT2D eigenvalue weighted by atomic mass is 35.5. The van der Waals surface area contributed by atoms with E-state index in [-0.39, 0.29) is 11.8 Å². The molecule has 120 valence electrons. The summed E-state index contributed by atoms with van der Waals surface area (Å²) in [4.78, 5) is 19.6. The molecule has 1 aromatic heterocycles. The molecule has 2 atom stereocenters. The van der Waals surface area contributed by atoms with Crippen LogP contribution in [0.15, 0.2) is 48.7 Å². The number of likely N-dealkylation sites (tertiary alicyclic amines) is 1. The molecule has 0 N–H and O–H groups in total. The number of amides is 1. The molecule has 2 unspecified atom stereocenters. The van der Waals surface area contributed by atoms with E-state index in [0.717, 1.165) is 30.8 Å². The first kappa shape index (κ1) is 16.0. The summed E-state index contributed by atoms with van der Waals surface area (Å²) in [6.45, 7) is 3.87. The van der Waals surface area contributed by atoms with Gasteiger partial charge in [-0.1, -0.05) is 36.7 Å². The van der Waals surface area contributed by atoms with E-state index < -0.39 is 0 Å². The highest BCUT2D eigenvalue weighted by Gasteiger charge is 2.30. The predicted octanol–water partition coefficient (Wildman–Crippen LogP) is 4.13. The monoisotopic (exact) mass is 328 g/mol. The number of hydrogen-bond donors (Lipinski definition) is 0. The maximum absolute atomic E-state index is 13.2. The van der Waals surface area contributed by atoms with Gasteiger partial charge in [-0.3, -0.25) is 9.78 Å². The third kappa shape index (κ3) is 3.73. The van der Waals surface area contributed by atoms with Crippen molar-refractivity contribution >= 4 is 17.5 Å². The number of benzene rings is 1. The third-order valence-corrected chi connectivity index (χ3v) is 4.65. The second-order valence-corrected chi connectivity index (χ2v) is 6.71. The van der Waals surface area contributed by atoms with Gasteiger partial charge in [-0.05, 0) is 48.6 Å². The van der Waals surface area contributed by atoms with E-state index in [4.69, 9.17) is 11.6 Å². The van der Waals surface area contributed by atoms with Gasteiger partial charge in [0.25, 0.3) is 0 Å². The second-order valence-electron chi connectivity index (χ2n) is 6.27. The van der Waals surface area contributed by atoms with E-state index in [9.17, 15) is 4.79 Å². The molecule has 1 amide bonds. The van der Waals surface area contributed by atoms with Crippen molar-refractivity contribution in [3.63, 3.8) is 0 Å². The normalized spacial score (nSPS) is 19.4. The van der Waals surface area contributed by atoms with E-state index in [0.29, 0.717) is 10.9 Å². The van der Waals surface area contributed by atoms with Crippen molar-refractivity contribution in [2.75, 3.05) is 13.1 Å². The fourth-order valence-electron chi connectivity index (χ4n) is 3.21. The molecule has 1 fully saturated rings. The molecule has 23 heavy (non-hydrogen) atoms. The van der Waals surface area contributed by atoms with Crippen LogP contribution in [-0.2, 0) is 4.79 Å². The minimum atomic E-state index is -0.362. The minimum absolute atomic E-state index is 0.137. The van der Waals surface area contributed by atoms with Gasteiger partial charge in [0, 0.05) is 24.3 Å². The number of carbonyl (C=O) groups excluding carboxylic acids is 1. The molecule has 0 saturated carbocycles. The Morgan fingerprint density at radius 2 is 2.04 bits per heavy atom.